The summed E-state index contributed by atoms with van der Waals surface area (Å²) in [7, 11) is 0. The third-order valence-electron chi connectivity index (χ3n) is 3.81. The number of ether oxygens (including phenoxy) is 1. The average molecular weight is 403 g/mol. The number of hydrogen-bond donors (Lipinski definition) is 2. The number of rotatable bonds is 6. The molecule has 0 bridgehead atoms. The van der Waals surface area contributed by atoms with Crippen molar-refractivity contribution in [1.82, 2.24) is 4.57 Å². The van der Waals surface area contributed by atoms with Gasteiger partial charge in [0.15, 0.2) is 0 Å². The van der Waals surface area contributed by atoms with Gasteiger partial charge in [-0.2, -0.15) is 0 Å². The number of para-hydroxylation sites is 2. The van der Waals surface area contributed by atoms with E-state index in [0.29, 0.717) is 41.4 Å². The highest BCUT2D eigenvalue weighted by molar-refractivity contribution is 6.35. The van der Waals surface area contributed by atoms with Gasteiger partial charge in [0.25, 0.3) is 0 Å². The second-order valence-electron chi connectivity index (χ2n) is 5.30. The fourth-order valence-corrected chi connectivity index (χ4v) is 3.19. The molecule has 3 aromatic rings. The first-order valence-electron chi connectivity index (χ1n) is 7.57. The Morgan fingerprint density at radius 2 is 1.92 bits per heavy atom. The molecular formula is C17H18Cl3N3O2. The zero-order valence-corrected chi connectivity index (χ0v) is 15.6. The maximum Gasteiger partial charge on any atom is 0.356 e. The van der Waals surface area contributed by atoms with Crippen LogP contribution in [0.2, 0.25) is 10.0 Å². The molecule has 0 unspecified atom stereocenters. The van der Waals surface area contributed by atoms with Crippen LogP contribution in [0.25, 0.3) is 11.0 Å². The fraction of sp³-hybridized carbons (Fsp3) is 0.235. The number of nitrogens with two attached hydrogens (primary N) is 1. The van der Waals surface area contributed by atoms with Gasteiger partial charge in [-0.15, -0.1) is 0 Å². The molecule has 25 heavy (non-hydrogen) atoms. The van der Waals surface area contributed by atoms with E-state index in [1.807, 2.05) is 33.4 Å². The van der Waals surface area contributed by atoms with Crippen molar-refractivity contribution in [1.29, 1.82) is 0 Å². The van der Waals surface area contributed by atoms with Crippen molar-refractivity contribution >= 4 is 40.2 Å². The highest BCUT2D eigenvalue weighted by atomic mass is 35.5. The number of imidazole rings is 1. The monoisotopic (exact) mass is 401 g/mol. The predicted molar refractivity (Wildman–Crippen MR) is 95.6 cm³/mol. The molecule has 1 aromatic heterocycles. The average Bonchev–Trinajstić information content (AvgIpc) is 2.83. The van der Waals surface area contributed by atoms with E-state index < -0.39 is 0 Å². The van der Waals surface area contributed by atoms with Crippen LogP contribution in [0.1, 0.15) is 0 Å². The van der Waals surface area contributed by atoms with Crippen molar-refractivity contribution < 1.29 is 26.8 Å². The minimum atomic E-state index is 0. The maximum absolute atomic E-state index is 9.25. The lowest BCUT2D eigenvalue weighted by molar-refractivity contribution is -0.658. The van der Waals surface area contributed by atoms with Gasteiger partial charge in [0.2, 0.25) is 0 Å². The molecule has 0 radical (unpaired) electrons. The first kappa shape index (κ1) is 19.7. The van der Waals surface area contributed by atoms with Crippen LogP contribution in [-0.2, 0) is 13.1 Å². The summed E-state index contributed by atoms with van der Waals surface area (Å²) in [6, 6.07) is 13.0. The largest absolute Gasteiger partial charge is 1.00 e. The zero-order chi connectivity index (χ0) is 17.1. The first-order valence-corrected chi connectivity index (χ1v) is 8.32. The van der Waals surface area contributed by atoms with E-state index in [1.165, 1.54) is 0 Å². The van der Waals surface area contributed by atoms with Crippen LogP contribution in [0.5, 0.6) is 5.75 Å². The van der Waals surface area contributed by atoms with Crippen LogP contribution in [0, 0.1) is 0 Å². The number of aliphatic hydroxyl groups is 1. The number of fused-ring (bicyclic) bond motifs is 1. The van der Waals surface area contributed by atoms with Crippen LogP contribution < -0.4 is 27.4 Å². The van der Waals surface area contributed by atoms with Gasteiger partial charge in [0.1, 0.15) is 29.9 Å². The molecule has 0 spiro atoms. The highest BCUT2D eigenvalue weighted by Gasteiger charge is 2.20. The molecule has 134 valence electrons. The summed E-state index contributed by atoms with van der Waals surface area (Å²) in [5, 5.41) is 10.3. The Balaban J connectivity index is 0.00000225. The Morgan fingerprint density at radius 1 is 1.16 bits per heavy atom. The lowest BCUT2D eigenvalue weighted by Crippen LogP contribution is -3.00. The molecule has 5 nitrogen and oxygen atoms in total. The lowest BCUT2D eigenvalue weighted by atomic mass is 10.3. The second kappa shape index (κ2) is 8.63. The maximum atomic E-state index is 9.25. The summed E-state index contributed by atoms with van der Waals surface area (Å²) in [5.74, 6) is 1.16. The minimum absolute atomic E-state index is 0. The quantitative estimate of drug-likeness (QED) is 0.566. The summed E-state index contributed by atoms with van der Waals surface area (Å²) < 4.78 is 9.60. The minimum Gasteiger partial charge on any atom is -1.00 e. The van der Waals surface area contributed by atoms with Crippen LogP contribution in [0.3, 0.4) is 0 Å². The number of aromatic nitrogens is 2. The fourth-order valence-electron chi connectivity index (χ4n) is 2.72. The number of halogens is 3. The molecular weight excluding hydrogens is 385 g/mol. The predicted octanol–water partition coefficient (Wildman–Crippen LogP) is -0.107. The van der Waals surface area contributed by atoms with Crippen molar-refractivity contribution in [2.24, 2.45) is 0 Å². The Labute approximate surface area is 161 Å². The Hall–Kier alpha value is -1.66. The number of hydrogen-bond acceptors (Lipinski definition) is 3. The standard InChI is InChI=1S/C17H17Cl2N3O2.ClH/c18-12-5-6-16(13(19)11-12)24-10-8-22-15-4-2-1-3-14(15)21(7-9-23)17(22)20;/h1-6,11,20,23H,7-10H2;1H. The number of nitrogens with zero attached hydrogens (tertiary/aromatic N) is 2. The third-order valence-corrected chi connectivity index (χ3v) is 4.34. The third kappa shape index (κ3) is 4.12. The number of anilines is 1. The summed E-state index contributed by atoms with van der Waals surface area (Å²) in [6.45, 7) is 1.44. The lowest BCUT2D eigenvalue weighted by Gasteiger charge is -2.08. The van der Waals surface area contributed by atoms with Crippen LogP contribution in [0.15, 0.2) is 42.5 Å². The van der Waals surface area contributed by atoms with E-state index in [4.69, 9.17) is 33.7 Å². The Morgan fingerprint density at radius 3 is 2.64 bits per heavy atom. The highest BCUT2D eigenvalue weighted by Crippen LogP contribution is 2.27. The van der Waals surface area contributed by atoms with E-state index >= 15 is 0 Å². The zero-order valence-electron chi connectivity index (χ0n) is 13.3. The normalized spacial score (nSPS) is 10.7. The number of nitrogen functional groups attached to an aromatic ring is 1. The van der Waals surface area contributed by atoms with E-state index in [2.05, 4.69) is 0 Å². The van der Waals surface area contributed by atoms with Gasteiger partial charge < -0.3 is 22.3 Å². The summed E-state index contributed by atoms with van der Waals surface area (Å²) in [5.41, 5.74) is 8.22. The van der Waals surface area contributed by atoms with Gasteiger partial charge in [0.05, 0.1) is 18.2 Å². The smallest absolute Gasteiger partial charge is 0.356 e. The summed E-state index contributed by atoms with van der Waals surface area (Å²) >= 11 is 12.0. The molecule has 3 N–H and O–H groups in total. The summed E-state index contributed by atoms with van der Waals surface area (Å²) in [4.78, 5) is 0. The molecule has 2 aromatic carbocycles. The van der Waals surface area contributed by atoms with E-state index in [0.717, 1.165) is 11.0 Å². The molecule has 8 heteroatoms. The molecule has 0 aliphatic carbocycles. The molecule has 0 atom stereocenters. The molecule has 0 aliphatic rings. The molecule has 0 fully saturated rings. The molecule has 0 amide bonds. The van der Waals surface area contributed by atoms with Gasteiger partial charge in [-0.05, 0) is 30.3 Å². The van der Waals surface area contributed by atoms with E-state index in [-0.39, 0.29) is 19.0 Å². The van der Waals surface area contributed by atoms with Gasteiger partial charge in [-0.25, -0.2) is 9.13 Å². The molecule has 0 saturated heterocycles. The molecule has 1 heterocycles. The van der Waals surface area contributed by atoms with E-state index in [1.54, 1.807) is 18.2 Å². The van der Waals surface area contributed by atoms with Gasteiger partial charge in [0, 0.05) is 5.02 Å². The van der Waals surface area contributed by atoms with Crippen molar-refractivity contribution in [3.05, 3.63) is 52.5 Å². The summed E-state index contributed by atoms with van der Waals surface area (Å²) in [6.07, 6.45) is 0. The van der Waals surface area contributed by atoms with Crippen LogP contribution in [-0.4, -0.2) is 22.9 Å². The van der Waals surface area contributed by atoms with Gasteiger partial charge in [-0.1, -0.05) is 35.3 Å². The SMILES string of the molecule is Nc1n(CCOc2ccc(Cl)cc2Cl)c2ccccc2[n+]1CCO.[Cl-]. The second-order valence-corrected chi connectivity index (χ2v) is 6.14. The molecule has 0 saturated carbocycles. The molecule has 0 aliphatic heterocycles. The van der Waals surface area contributed by atoms with Crippen LogP contribution in [0.4, 0.5) is 5.95 Å². The van der Waals surface area contributed by atoms with Gasteiger partial charge in [-0.3, -0.25) is 5.73 Å². The van der Waals surface area contributed by atoms with Crippen LogP contribution >= 0.6 is 23.2 Å². The van der Waals surface area contributed by atoms with Crippen molar-refractivity contribution in [3.8, 4) is 5.75 Å². The van der Waals surface area contributed by atoms with E-state index in [9.17, 15) is 5.11 Å². The van der Waals surface area contributed by atoms with Gasteiger partial charge >= 0.3 is 5.95 Å². The van der Waals surface area contributed by atoms with Crippen molar-refractivity contribution in [2.75, 3.05) is 18.9 Å². The Kier molecular flexibility index (Phi) is 6.79. The topological polar surface area (TPSA) is 64.3 Å². The van der Waals surface area contributed by atoms with Crippen molar-refractivity contribution in [2.45, 2.75) is 13.1 Å². The van der Waals surface area contributed by atoms with Crippen molar-refractivity contribution in [3.63, 3.8) is 0 Å². The molecule has 3 rings (SSSR count). The number of benzene rings is 2. The number of aliphatic hydroxyl groups excluding tert-OH is 1. The first-order chi connectivity index (χ1) is 11.6. The Bertz CT molecular complexity index is 868.